The van der Waals surface area contributed by atoms with E-state index in [1.165, 1.54) is 12.2 Å². The zero-order chi connectivity index (χ0) is 8.54. The average molecular weight is 190 g/mol. The minimum Gasteiger partial charge on any atom is -0.368 e. The Kier molecular flexibility index (Phi) is 2.72. The number of hydrogen-bond donors (Lipinski definition) is 0. The van der Waals surface area contributed by atoms with E-state index in [-0.39, 0.29) is 4.56 Å². The van der Waals surface area contributed by atoms with E-state index in [2.05, 4.69) is 26.6 Å². The summed E-state index contributed by atoms with van der Waals surface area (Å²) in [6.45, 7) is 10.4. The SMILES string of the molecule is CC1([Si](C)(C)C)OCCCS1. The minimum absolute atomic E-state index is 0.172. The molecule has 1 saturated heterocycles. The molecule has 0 bridgehead atoms. The van der Waals surface area contributed by atoms with Crippen LogP contribution in [0.2, 0.25) is 19.6 Å². The summed E-state index contributed by atoms with van der Waals surface area (Å²) in [5.74, 6) is 1.28. The molecule has 1 aliphatic rings. The first kappa shape index (κ1) is 9.61. The maximum absolute atomic E-state index is 5.85. The molecule has 0 amide bonds. The van der Waals surface area contributed by atoms with Crippen molar-refractivity contribution in [2.75, 3.05) is 12.4 Å². The smallest absolute Gasteiger partial charge is 0.0979 e. The van der Waals surface area contributed by atoms with E-state index in [1.807, 2.05) is 11.8 Å². The molecule has 0 radical (unpaired) electrons. The lowest BCUT2D eigenvalue weighted by Gasteiger charge is -2.42. The summed E-state index contributed by atoms with van der Waals surface area (Å²) in [4.78, 5) is 0. The third kappa shape index (κ3) is 2.01. The van der Waals surface area contributed by atoms with Crippen LogP contribution >= 0.6 is 11.8 Å². The highest BCUT2D eigenvalue weighted by atomic mass is 32.2. The lowest BCUT2D eigenvalue weighted by atomic mass is 10.5. The van der Waals surface area contributed by atoms with Crippen LogP contribution < -0.4 is 0 Å². The first-order chi connectivity index (χ1) is 4.96. The molecule has 1 fully saturated rings. The Labute approximate surface area is 74.9 Å². The molecule has 1 rings (SSSR count). The maximum atomic E-state index is 5.85. The van der Waals surface area contributed by atoms with Crippen LogP contribution in [-0.4, -0.2) is 25.0 Å². The summed E-state index contributed by atoms with van der Waals surface area (Å²) in [5.41, 5.74) is 0. The Bertz CT molecular complexity index is 136. The van der Waals surface area contributed by atoms with Crippen molar-refractivity contribution in [1.82, 2.24) is 0 Å². The van der Waals surface area contributed by atoms with Gasteiger partial charge in [0.25, 0.3) is 0 Å². The Morgan fingerprint density at radius 3 is 2.27 bits per heavy atom. The molecule has 1 atom stereocenters. The van der Waals surface area contributed by atoms with Gasteiger partial charge in [-0.15, -0.1) is 11.8 Å². The number of rotatable bonds is 1. The highest BCUT2D eigenvalue weighted by Gasteiger charge is 2.41. The molecule has 0 aromatic rings. The summed E-state index contributed by atoms with van der Waals surface area (Å²) in [6.07, 6.45) is 1.23. The average Bonchev–Trinajstić information content (AvgIpc) is 1.87. The molecule has 0 aromatic heterocycles. The summed E-state index contributed by atoms with van der Waals surface area (Å²) < 4.78 is 6.03. The first-order valence-corrected chi connectivity index (χ1v) is 8.72. The van der Waals surface area contributed by atoms with Gasteiger partial charge in [0.05, 0.1) is 12.6 Å². The summed E-state index contributed by atoms with van der Waals surface area (Å²) >= 11 is 2.01. The van der Waals surface area contributed by atoms with E-state index in [0.29, 0.717) is 0 Å². The van der Waals surface area contributed by atoms with Gasteiger partial charge < -0.3 is 4.74 Å². The molecule has 3 heteroatoms. The zero-order valence-electron chi connectivity index (χ0n) is 7.94. The fourth-order valence-corrected chi connectivity index (χ4v) is 4.46. The molecule has 0 saturated carbocycles. The second-order valence-corrected chi connectivity index (χ2v) is 11.5. The predicted molar refractivity (Wildman–Crippen MR) is 54.8 cm³/mol. The van der Waals surface area contributed by atoms with Crippen molar-refractivity contribution in [3.8, 4) is 0 Å². The molecular weight excluding hydrogens is 172 g/mol. The molecule has 1 nitrogen and oxygen atoms in total. The largest absolute Gasteiger partial charge is 0.368 e. The quantitative estimate of drug-likeness (QED) is 0.588. The monoisotopic (exact) mass is 190 g/mol. The van der Waals surface area contributed by atoms with E-state index in [9.17, 15) is 0 Å². The summed E-state index contributed by atoms with van der Waals surface area (Å²) in [5, 5.41) is 0. The zero-order valence-corrected chi connectivity index (χ0v) is 9.75. The van der Waals surface area contributed by atoms with Crippen molar-refractivity contribution in [3.05, 3.63) is 0 Å². The second-order valence-electron chi connectivity index (χ2n) is 4.25. The Balaban J connectivity index is 2.64. The lowest BCUT2D eigenvalue weighted by molar-refractivity contribution is 0.0811. The topological polar surface area (TPSA) is 9.23 Å². The molecule has 66 valence electrons. The standard InChI is InChI=1S/C8H18OSSi/c1-8(11(2,3)4)9-6-5-7-10-8/h5-7H2,1-4H3. The van der Waals surface area contributed by atoms with Gasteiger partial charge in [0, 0.05) is 6.61 Å². The Morgan fingerprint density at radius 1 is 1.36 bits per heavy atom. The van der Waals surface area contributed by atoms with E-state index in [0.717, 1.165) is 6.61 Å². The van der Waals surface area contributed by atoms with Gasteiger partial charge in [-0.2, -0.15) is 0 Å². The molecule has 0 aromatic carbocycles. The normalized spacial score (nSPS) is 33.8. The van der Waals surface area contributed by atoms with Crippen LogP contribution in [0.1, 0.15) is 13.3 Å². The van der Waals surface area contributed by atoms with Crippen molar-refractivity contribution >= 4 is 19.8 Å². The molecule has 1 unspecified atom stereocenters. The van der Waals surface area contributed by atoms with Crippen LogP contribution in [0.25, 0.3) is 0 Å². The predicted octanol–water partition coefficient (Wildman–Crippen LogP) is 2.73. The summed E-state index contributed by atoms with van der Waals surface area (Å²) in [7, 11) is -1.14. The highest BCUT2D eigenvalue weighted by molar-refractivity contribution is 8.02. The first-order valence-electron chi connectivity index (χ1n) is 4.24. The van der Waals surface area contributed by atoms with Crippen molar-refractivity contribution in [2.24, 2.45) is 0 Å². The molecule has 11 heavy (non-hydrogen) atoms. The van der Waals surface area contributed by atoms with Gasteiger partial charge in [0.2, 0.25) is 0 Å². The van der Waals surface area contributed by atoms with Crippen molar-refractivity contribution < 1.29 is 4.74 Å². The fourth-order valence-electron chi connectivity index (χ4n) is 1.07. The van der Waals surface area contributed by atoms with Crippen LogP contribution in [0, 0.1) is 0 Å². The van der Waals surface area contributed by atoms with Crippen molar-refractivity contribution in [2.45, 2.75) is 37.5 Å². The van der Waals surface area contributed by atoms with E-state index < -0.39 is 8.07 Å². The van der Waals surface area contributed by atoms with Crippen LogP contribution in [0.5, 0.6) is 0 Å². The molecule has 1 heterocycles. The molecule has 0 N–H and O–H groups in total. The fraction of sp³-hybridized carbons (Fsp3) is 1.00. The van der Waals surface area contributed by atoms with Gasteiger partial charge in [-0.05, 0) is 19.1 Å². The van der Waals surface area contributed by atoms with Crippen LogP contribution in [-0.2, 0) is 4.74 Å². The van der Waals surface area contributed by atoms with Crippen LogP contribution in [0.15, 0.2) is 0 Å². The third-order valence-electron chi connectivity index (χ3n) is 2.41. The maximum Gasteiger partial charge on any atom is 0.0979 e. The molecule has 1 aliphatic heterocycles. The Hall–Kier alpha value is 0.527. The number of ether oxygens (including phenoxy) is 1. The van der Waals surface area contributed by atoms with Crippen molar-refractivity contribution in [3.63, 3.8) is 0 Å². The summed E-state index contributed by atoms with van der Waals surface area (Å²) in [6, 6.07) is 0. The van der Waals surface area contributed by atoms with Crippen LogP contribution in [0.4, 0.5) is 0 Å². The molecular formula is C8H18OSSi. The van der Waals surface area contributed by atoms with Gasteiger partial charge in [-0.1, -0.05) is 19.6 Å². The van der Waals surface area contributed by atoms with Gasteiger partial charge in [0.1, 0.15) is 0 Å². The van der Waals surface area contributed by atoms with Gasteiger partial charge in [0.15, 0.2) is 0 Å². The third-order valence-corrected chi connectivity index (χ3v) is 8.71. The number of hydrogen-bond acceptors (Lipinski definition) is 2. The second kappa shape index (κ2) is 3.11. The van der Waals surface area contributed by atoms with Gasteiger partial charge in [-0.3, -0.25) is 0 Å². The molecule has 0 spiro atoms. The highest BCUT2D eigenvalue weighted by Crippen LogP contribution is 2.38. The van der Waals surface area contributed by atoms with Crippen LogP contribution in [0.3, 0.4) is 0 Å². The minimum atomic E-state index is -1.14. The van der Waals surface area contributed by atoms with E-state index in [1.54, 1.807) is 0 Å². The van der Waals surface area contributed by atoms with E-state index >= 15 is 0 Å². The molecule has 0 aliphatic carbocycles. The Morgan fingerprint density at radius 2 is 2.00 bits per heavy atom. The van der Waals surface area contributed by atoms with Gasteiger partial charge >= 0.3 is 0 Å². The lowest BCUT2D eigenvalue weighted by Crippen LogP contribution is -2.51. The van der Waals surface area contributed by atoms with E-state index in [4.69, 9.17) is 4.74 Å². The van der Waals surface area contributed by atoms with Crippen molar-refractivity contribution in [1.29, 1.82) is 0 Å². The van der Waals surface area contributed by atoms with Gasteiger partial charge in [-0.25, -0.2) is 0 Å². The number of thioether (sulfide) groups is 1.